The van der Waals surface area contributed by atoms with Crippen LogP contribution in [-0.2, 0) is 14.4 Å². The first-order valence-corrected chi connectivity index (χ1v) is 12.2. The zero-order valence-corrected chi connectivity index (χ0v) is 21.3. The number of H-pyrrole nitrogens is 1. The van der Waals surface area contributed by atoms with Crippen LogP contribution in [0.5, 0.6) is 0 Å². The Balaban J connectivity index is 2.05. The maximum Gasteiger partial charge on any atom is 0.326 e. The van der Waals surface area contributed by atoms with E-state index in [1.165, 1.54) is 6.07 Å². The summed E-state index contributed by atoms with van der Waals surface area (Å²) in [6.07, 6.45) is 1.51. The lowest BCUT2D eigenvalue weighted by molar-refractivity contribution is -0.143. The average Bonchev–Trinajstić information content (AvgIpc) is 3.12. The molecule has 0 bridgehead atoms. The minimum Gasteiger partial charge on any atom is -0.480 e. The molecule has 1 saturated heterocycles. The fourth-order valence-electron chi connectivity index (χ4n) is 4.59. The molecule has 9 nitrogen and oxygen atoms in total. The second kappa shape index (κ2) is 10.5. The lowest BCUT2D eigenvalue weighted by Crippen LogP contribution is -2.47. The number of aromatic nitrogens is 1. The smallest absolute Gasteiger partial charge is 0.326 e. The van der Waals surface area contributed by atoms with Gasteiger partial charge in [-0.3, -0.25) is 14.4 Å². The lowest BCUT2D eigenvalue weighted by Gasteiger charge is -2.29. The number of carboxylic acid groups (broad SMARTS) is 1. The van der Waals surface area contributed by atoms with Gasteiger partial charge in [0.2, 0.25) is 11.8 Å². The molecular weight excluding hydrogens is 495 g/mol. The van der Waals surface area contributed by atoms with Crippen LogP contribution in [0.4, 0.5) is 0 Å². The molecule has 11 heteroatoms. The number of hydrogen-bond donors (Lipinski definition) is 5. The highest BCUT2D eigenvalue weighted by Crippen LogP contribution is 2.41. The minimum absolute atomic E-state index is 0.00657. The van der Waals surface area contributed by atoms with Crippen molar-refractivity contribution in [1.82, 2.24) is 15.6 Å². The molecule has 0 aliphatic carbocycles. The second-order valence-corrected chi connectivity index (χ2v) is 11.0. The fourth-order valence-corrected chi connectivity index (χ4v) is 5.19. The number of carbonyl (C=O) groups is 4. The van der Waals surface area contributed by atoms with E-state index in [9.17, 15) is 24.3 Å². The molecule has 35 heavy (non-hydrogen) atoms. The molecule has 3 atom stereocenters. The maximum absolute atomic E-state index is 13.6. The summed E-state index contributed by atoms with van der Waals surface area (Å²) < 4.78 is 0. The van der Waals surface area contributed by atoms with Crippen molar-refractivity contribution in [3.05, 3.63) is 33.4 Å². The predicted molar refractivity (Wildman–Crippen MR) is 134 cm³/mol. The zero-order chi connectivity index (χ0) is 26.1. The summed E-state index contributed by atoms with van der Waals surface area (Å²) in [5.41, 5.74) is 5.99. The Labute approximate surface area is 213 Å². The molecule has 6 N–H and O–H groups in total. The molecule has 1 aromatic heterocycles. The van der Waals surface area contributed by atoms with E-state index in [0.29, 0.717) is 34.5 Å². The average molecular weight is 525 g/mol. The number of carbonyl (C=O) groups excluding carboxylic acids is 3. The molecule has 1 aliphatic heterocycles. The van der Waals surface area contributed by atoms with Crippen LogP contribution >= 0.6 is 23.2 Å². The summed E-state index contributed by atoms with van der Waals surface area (Å²) in [5.74, 6) is -4.32. The summed E-state index contributed by atoms with van der Waals surface area (Å²) in [5, 5.41) is 16.1. The number of nitrogens with two attached hydrogens (primary N) is 1. The number of piperidine rings is 1. The third kappa shape index (κ3) is 6.27. The molecular formula is C24H30Cl2N4O5. The van der Waals surface area contributed by atoms with Gasteiger partial charge in [0.25, 0.3) is 5.91 Å². The van der Waals surface area contributed by atoms with Gasteiger partial charge in [0.05, 0.1) is 10.9 Å². The number of halogens is 2. The van der Waals surface area contributed by atoms with E-state index in [4.69, 9.17) is 28.9 Å². The number of nitrogens with one attached hydrogen (secondary N) is 3. The monoisotopic (exact) mass is 524 g/mol. The minimum atomic E-state index is -1.29. The van der Waals surface area contributed by atoms with Crippen molar-refractivity contribution in [3.8, 4) is 0 Å². The molecule has 3 amide bonds. The van der Waals surface area contributed by atoms with Crippen LogP contribution in [0.1, 0.15) is 68.4 Å². The number of aromatic amines is 1. The summed E-state index contributed by atoms with van der Waals surface area (Å²) in [6.45, 7) is 6.32. The van der Waals surface area contributed by atoms with Crippen LogP contribution in [0, 0.1) is 11.3 Å². The van der Waals surface area contributed by atoms with Crippen molar-refractivity contribution in [2.45, 2.75) is 58.4 Å². The van der Waals surface area contributed by atoms with Crippen LogP contribution < -0.4 is 16.4 Å². The summed E-state index contributed by atoms with van der Waals surface area (Å²) in [6, 6.07) is 1.79. The summed E-state index contributed by atoms with van der Waals surface area (Å²) >= 11 is 12.6. The van der Waals surface area contributed by atoms with Gasteiger partial charge in [0.1, 0.15) is 11.7 Å². The third-order valence-corrected chi connectivity index (χ3v) is 6.63. The van der Waals surface area contributed by atoms with Gasteiger partial charge in [-0.2, -0.15) is 0 Å². The highest BCUT2D eigenvalue weighted by atomic mass is 35.5. The first-order valence-electron chi connectivity index (χ1n) is 11.4. The molecule has 1 aliphatic rings. The topological polar surface area (TPSA) is 154 Å². The lowest BCUT2D eigenvalue weighted by atomic mass is 9.79. The van der Waals surface area contributed by atoms with E-state index in [1.54, 1.807) is 6.07 Å². The molecule has 0 radical (unpaired) electrons. The third-order valence-electron chi connectivity index (χ3n) is 6.12. The standard InChI is InChI=1S/C24H30Cl2N4O5/c1-24(2,3)10-13(17-18-14(26)8-12(25)9-15(18)29-19(17)20(27)31)22(33)30-16(23(34)35)7-11-5-4-6-28-21(11)32/h8-9,11,13,16,29H,4-7,10H2,1-3H3,(H2,27,31)(H,28,32)(H,30,33)(H,34,35)/t11-,13-,16-/m0/s1. The first kappa shape index (κ1) is 26.8. The van der Waals surface area contributed by atoms with Crippen molar-refractivity contribution in [1.29, 1.82) is 0 Å². The van der Waals surface area contributed by atoms with Gasteiger partial charge in [-0.15, -0.1) is 0 Å². The Kier molecular flexibility index (Phi) is 8.01. The van der Waals surface area contributed by atoms with E-state index in [1.807, 2.05) is 20.8 Å². The molecule has 190 valence electrons. The highest BCUT2D eigenvalue weighted by molar-refractivity contribution is 6.39. The van der Waals surface area contributed by atoms with Crippen molar-refractivity contribution in [3.63, 3.8) is 0 Å². The van der Waals surface area contributed by atoms with Gasteiger partial charge in [-0.05, 0) is 43.2 Å². The van der Waals surface area contributed by atoms with Gasteiger partial charge >= 0.3 is 5.97 Å². The van der Waals surface area contributed by atoms with Gasteiger partial charge in [0, 0.05) is 34.0 Å². The van der Waals surface area contributed by atoms with E-state index in [-0.39, 0.29) is 34.9 Å². The van der Waals surface area contributed by atoms with Crippen molar-refractivity contribution in [2.75, 3.05) is 6.54 Å². The molecule has 1 fully saturated rings. The largest absolute Gasteiger partial charge is 0.480 e. The SMILES string of the molecule is CC(C)(C)C[C@H](C(=O)N[C@@H](C[C@@H]1CCCNC1=O)C(=O)O)c1c(C(N)=O)[nH]c2cc(Cl)cc(Cl)c12. The van der Waals surface area contributed by atoms with E-state index >= 15 is 0 Å². The van der Waals surface area contributed by atoms with E-state index < -0.39 is 35.7 Å². The Morgan fingerprint density at radius 3 is 2.51 bits per heavy atom. The molecule has 2 aromatic rings. The number of benzene rings is 1. The molecule has 1 aromatic carbocycles. The van der Waals surface area contributed by atoms with Crippen LogP contribution in [0.15, 0.2) is 12.1 Å². The second-order valence-electron chi connectivity index (χ2n) is 10.2. The Morgan fingerprint density at radius 2 is 1.94 bits per heavy atom. The van der Waals surface area contributed by atoms with Crippen LogP contribution in [0.25, 0.3) is 10.9 Å². The van der Waals surface area contributed by atoms with Crippen molar-refractivity contribution < 1.29 is 24.3 Å². The fraction of sp³-hybridized carbons (Fsp3) is 0.500. The molecule has 0 saturated carbocycles. The number of fused-ring (bicyclic) bond motifs is 1. The van der Waals surface area contributed by atoms with Gasteiger partial charge in [0.15, 0.2) is 0 Å². The molecule has 2 heterocycles. The summed E-state index contributed by atoms with van der Waals surface area (Å²) in [7, 11) is 0. The normalized spacial score (nSPS) is 18.1. The quantitative estimate of drug-likeness (QED) is 0.357. The number of carboxylic acids is 1. The van der Waals surface area contributed by atoms with Gasteiger partial charge in [-0.25, -0.2) is 4.79 Å². The van der Waals surface area contributed by atoms with Crippen LogP contribution in [0.3, 0.4) is 0 Å². The summed E-state index contributed by atoms with van der Waals surface area (Å²) in [4.78, 5) is 53.1. The van der Waals surface area contributed by atoms with Crippen molar-refractivity contribution in [2.24, 2.45) is 17.1 Å². The van der Waals surface area contributed by atoms with E-state index in [0.717, 1.165) is 6.42 Å². The van der Waals surface area contributed by atoms with Gasteiger partial charge in [-0.1, -0.05) is 44.0 Å². The van der Waals surface area contributed by atoms with Crippen LogP contribution in [-0.4, -0.2) is 46.4 Å². The Morgan fingerprint density at radius 1 is 1.26 bits per heavy atom. The zero-order valence-electron chi connectivity index (χ0n) is 19.8. The number of hydrogen-bond acceptors (Lipinski definition) is 4. The molecule has 0 unspecified atom stereocenters. The predicted octanol–water partition coefficient (Wildman–Crippen LogP) is 3.58. The Bertz CT molecular complexity index is 1170. The van der Waals surface area contributed by atoms with E-state index in [2.05, 4.69) is 15.6 Å². The number of amides is 3. The molecule has 3 rings (SSSR count). The molecule has 0 spiro atoms. The van der Waals surface area contributed by atoms with Crippen LogP contribution in [0.2, 0.25) is 10.0 Å². The first-order chi connectivity index (χ1) is 16.3. The Hall–Kier alpha value is -2.78. The number of rotatable bonds is 8. The number of aliphatic carboxylic acids is 1. The maximum atomic E-state index is 13.6. The number of primary amides is 1. The highest BCUT2D eigenvalue weighted by Gasteiger charge is 2.36. The van der Waals surface area contributed by atoms with Gasteiger partial charge < -0.3 is 26.5 Å². The van der Waals surface area contributed by atoms with Crippen molar-refractivity contribution >= 4 is 57.8 Å².